The first-order chi connectivity index (χ1) is 10.3. The lowest BCUT2D eigenvalue weighted by Crippen LogP contribution is -2.15. The van der Waals surface area contributed by atoms with E-state index in [4.69, 9.17) is 34.1 Å². The molecule has 0 amide bonds. The lowest BCUT2D eigenvalue weighted by atomic mass is 10.2. The minimum atomic E-state index is -0.454. The summed E-state index contributed by atoms with van der Waals surface area (Å²) in [6.45, 7) is 7.84. The van der Waals surface area contributed by atoms with Crippen molar-refractivity contribution in [3.05, 3.63) is 0 Å². The molecule has 0 bridgehead atoms. The highest BCUT2D eigenvalue weighted by molar-refractivity contribution is 7.24. The number of rotatable bonds is 17. The molecular weight excluding hydrogens is 297 g/mol. The van der Waals surface area contributed by atoms with Crippen LogP contribution < -0.4 is 5.73 Å². The molecule has 0 aliphatic rings. The van der Waals surface area contributed by atoms with Crippen LogP contribution in [0.2, 0.25) is 0 Å². The second kappa shape index (κ2) is 18.2. The molecule has 21 heavy (non-hydrogen) atoms. The maximum atomic E-state index is 8.52. The van der Waals surface area contributed by atoms with Gasteiger partial charge in [-0.1, -0.05) is 6.92 Å². The van der Waals surface area contributed by atoms with E-state index in [9.17, 15) is 0 Å². The van der Waals surface area contributed by atoms with Gasteiger partial charge in [0, 0.05) is 12.5 Å². The topological polar surface area (TPSA) is 92.4 Å². The monoisotopic (exact) mass is 327 g/mol. The Morgan fingerprint density at radius 2 is 1.38 bits per heavy atom. The molecule has 0 aromatic heterocycles. The van der Waals surface area contributed by atoms with Crippen molar-refractivity contribution in [2.45, 2.75) is 13.3 Å². The SMILES string of the molecule is CC(COCCOCCOCCOCCCN)COPO. The highest BCUT2D eigenvalue weighted by Gasteiger charge is 2.01. The van der Waals surface area contributed by atoms with E-state index < -0.39 is 9.03 Å². The van der Waals surface area contributed by atoms with E-state index in [0.717, 1.165) is 6.42 Å². The van der Waals surface area contributed by atoms with Gasteiger partial charge in [0.1, 0.15) is 0 Å². The Labute approximate surface area is 129 Å². The molecule has 0 aliphatic carbocycles. The Morgan fingerprint density at radius 1 is 0.857 bits per heavy atom. The Kier molecular flexibility index (Phi) is 18.3. The van der Waals surface area contributed by atoms with Crippen molar-refractivity contribution in [3.63, 3.8) is 0 Å². The van der Waals surface area contributed by atoms with E-state index in [1.54, 1.807) is 0 Å². The van der Waals surface area contributed by atoms with Gasteiger partial charge < -0.3 is 34.1 Å². The van der Waals surface area contributed by atoms with Gasteiger partial charge in [-0.15, -0.1) is 0 Å². The van der Waals surface area contributed by atoms with Gasteiger partial charge in [0.2, 0.25) is 0 Å². The smallest absolute Gasteiger partial charge is 0.152 e. The second-order valence-electron chi connectivity index (χ2n) is 4.56. The third-order valence-corrected chi connectivity index (χ3v) is 2.74. The van der Waals surface area contributed by atoms with E-state index in [-0.39, 0.29) is 5.92 Å². The summed E-state index contributed by atoms with van der Waals surface area (Å²) in [6, 6.07) is 0. The first-order valence-corrected chi connectivity index (χ1v) is 8.18. The lowest BCUT2D eigenvalue weighted by Gasteiger charge is -2.11. The molecule has 128 valence electrons. The molecule has 0 heterocycles. The van der Waals surface area contributed by atoms with Crippen LogP contribution in [0.5, 0.6) is 0 Å². The first kappa shape index (κ1) is 21.1. The van der Waals surface area contributed by atoms with Gasteiger partial charge in [-0.25, -0.2) is 0 Å². The third kappa shape index (κ3) is 18.1. The van der Waals surface area contributed by atoms with E-state index in [2.05, 4.69) is 0 Å². The lowest BCUT2D eigenvalue weighted by molar-refractivity contribution is -0.00696. The van der Waals surface area contributed by atoms with Gasteiger partial charge in [-0.05, 0) is 13.0 Å². The van der Waals surface area contributed by atoms with Crippen LogP contribution in [-0.2, 0) is 23.5 Å². The summed E-state index contributed by atoms with van der Waals surface area (Å²) < 4.78 is 26.3. The quantitative estimate of drug-likeness (QED) is 0.298. The highest BCUT2D eigenvalue weighted by atomic mass is 31.1. The zero-order valence-corrected chi connectivity index (χ0v) is 13.9. The van der Waals surface area contributed by atoms with Crippen molar-refractivity contribution in [1.82, 2.24) is 0 Å². The second-order valence-corrected chi connectivity index (χ2v) is 5.03. The number of hydrogen-bond acceptors (Lipinski definition) is 7. The summed E-state index contributed by atoms with van der Waals surface area (Å²) in [4.78, 5) is 8.52. The first-order valence-electron chi connectivity index (χ1n) is 7.33. The van der Waals surface area contributed by atoms with Crippen LogP contribution in [0.3, 0.4) is 0 Å². The zero-order chi connectivity index (χ0) is 15.6. The van der Waals surface area contributed by atoms with E-state index in [1.165, 1.54) is 0 Å². The average Bonchev–Trinajstić information content (AvgIpc) is 2.49. The summed E-state index contributed by atoms with van der Waals surface area (Å²) in [5.74, 6) is 0.271. The maximum absolute atomic E-state index is 8.52. The molecule has 3 N–H and O–H groups in total. The van der Waals surface area contributed by atoms with Crippen LogP contribution in [0.25, 0.3) is 0 Å². The van der Waals surface area contributed by atoms with Crippen LogP contribution in [-0.4, -0.2) is 70.9 Å². The predicted molar refractivity (Wildman–Crippen MR) is 82.6 cm³/mol. The van der Waals surface area contributed by atoms with Crippen LogP contribution in [0, 0.1) is 5.92 Å². The van der Waals surface area contributed by atoms with Crippen molar-refractivity contribution in [1.29, 1.82) is 0 Å². The fraction of sp³-hybridized carbons (Fsp3) is 1.00. The summed E-state index contributed by atoms with van der Waals surface area (Å²) in [7, 11) is -0.454. The van der Waals surface area contributed by atoms with Gasteiger partial charge in [-0.2, -0.15) is 0 Å². The molecule has 0 fully saturated rings. The van der Waals surface area contributed by atoms with E-state index in [0.29, 0.717) is 66.0 Å². The fourth-order valence-electron chi connectivity index (χ4n) is 1.36. The van der Waals surface area contributed by atoms with Gasteiger partial charge >= 0.3 is 0 Å². The molecule has 0 saturated carbocycles. The van der Waals surface area contributed by atoms with Gasteiger partial charge in [0.05, 0.1) is 52.9 Å². The van der Waals surface area contributed by atoms with Crippen molar-refractivity contribution in [2.24, 2.45) is 11.7 Å². The number of nitrogens with two attached hydrogens (primary N) is 1. The largest absolute Gasteiger partial charge is 0.379 e. The predicted octanol–water partition coefficient (Wildman–Crippen LogP) is 0.555. The van der Waals surface area contributed by atoms with Crippen molar-refractivity contribution < 1.29 is 28.4 Å². The zero-order valence-electron chi connectivity index (χ0n) is 12.9. The maximum Gasteiger partial charge on any atom is 0.152 e. The molecule has 0 aromatic carbocycles. The minimum Gasteiger partial charge on any atom is -0.379 e. The Bertz CT molecular complexity index is 202. The van der Waals surface area contributed by atoms with Crippen molar-refractivity contribution >= 4 is 9.03 Å². The third-order valence-electron chi connectivity index (χ3n) is 2.44. The van der Waals surface area contributed by atoms with Gasteiger partial charge in [-0.3, -0.25) is 0 Å². The van der Waals surface area contributed by atoms with Gasteiger partial charge in [0.25, 0.3) is 0 Å². The summed E-state index contributed by atoms with van der Waals surface area (Å²) >= 11 is 0. The minimum absolute atomic E-state index is 0.271. The number of ether oxygens (including phenoxy) is 4. The normalized spacial score (nSPS) is 13.3. The summed E-state index contributed by atoms with van der Waals surface area (Å²) in [5, 5.41) is 0. The molecule has 0 saturated heterocycles. The molecule has 0 spiro atoms. The Morgan fingerprint density at radius 3 is 1.90 bits per heavy atom. The fourth-order valence-corrected chi connectivity index (χ4v) is 1.72. The molecule has 0 aromatic rings. The highest BCUT2D eigenvalue weighted by Crippen LogP contribution is 2.07. The standard InChI is InChI=1S/C13H30NO6P/c1-13(12-20-21-15)11-19-10-9-18-8-7-17-6-5-16-4-2-3-14/h13,15,21H,2-12,14H2,1H3. The molecule has 0 aliphatic heterocycles. The molecule has 0 radical (unpaired) electrons. The summed E-state index contributed by atoms with van der Waals surface area (Å²) in [6.07, 6.45) is 0.883. The van der Waals surface area contributed by atoms with Crippen molar-refractivity contribution in [2.75, 3.05) is 66.0 Å². The van der Waals surface area contributed by atoms with Gasteiger partial charge in [0.15, 0.2) is 9.03 Å². The van der Waals surface area contributed by atoms with E-state index >= 15 is 0 Å². The Hall–Kier alpha value is 0.150. The van der Waals surface area contributed by atoms with Crippen molar-refractivity contribution in [3.8, 4) is 0 Å². The molecule has 0 rings (SSSR count). The van der Waals surface area contributed by atoms with Crippen LogP contribution in [0.4, 0.5) is 0 Å². The van der Waals surface area contributed by atoms with Crippen LogP contribution >= 0.6 is 9.03 Å². The average molecular weight is 327 g/mol. The molecule has 7 nitrogen and oxygen atoms in total. The molecule has 2 unspecified atom stereocenters. The summed E-state index contributed by atoms with van der Waals surface area (Å²) in [5.41, 5.74) is 5.34. The van der Waals surface area contributed by atoms with Crippen LogP contribution in [0.15, 0.2) is 0 Å². The molecular formula is C13H30NO6P. The Balaban J connectivity index is 3.02. The molecule has 8 heteroatoms. The van der Waals surface area contributed by atoms with Crippen LogP contribution in [0.1, 0.15) is 13.3 Å². The molecule has 2 atom stereocenters. The number of hydrogen-bond donors (Lipinski definition) is 2. The van der Waals surface area contributed by atoms with E-state index in [1.807, 2.05) is 6.92 Å².